The molecule has 0 saturated carbocycles. The Bertz CT molecular complexity index is 876. The monoisotopic (exact) mass is 419 g/mol. The second kappa shape index (κ2) is 10.7. The Morgan fingerprint density at radius 1 is 0.933 bits per heavy atom. The van der Waals surface area contributed by atoms with Crippen LogP contribution in [-0.2, 0) is 16.0 Å². The molecule has 0 bridgehead atoms. The van der Waals surface area contributed by atoms with Crippen LogP contribution in [0.1, 0.15) is 38.5 Å². The molecule has 0 fully saturated rings. The second-order valence-electron chi connectivity index (χ2n) is 6.70. The first kappa shape index (κ1) is 23.3. The lowest BCUT2D eigenvalue weighted by molar-refractivity contribution is 0.0473. The van der Waals surface area contributed by atoms with Gasteiger partial charge >= 0.3 is 5.97 Å². The van der Waals surface area contributed by atoms with Gasteiger partial charge in [0, 0.05) is 37.2 Å². The standard InChI is InChI=1S/C22H29NO7/c1-14-10-17(15(2)23(14)8-7-9-26-3)18(24)13-30-22(25)16-11-19(27-4)21(29-6)20(12-16)28-5/h10-12H,7-9,13H2,1-6H3. The minimum atomic E-state index is -0.656. The van der Waals surface area contributed by atoms with Crippen LogP contribution >= 0.6 is 0 Å². The van der Waals surface area contributed by atoms with Crippen LogP contribution in [0.25, 0.3) is 0 Å². The summed E-state index contributed by atoms with van der Waals surface area (Å²) in [5, 5.41) is 0. The third-order valence-corrected chi connectivity index (χ3v) is 4.84. The Morgan fingerprint density at radius 2 is 1.57 bits per heavy atom. The zero-order valence-corrected chi connectivity index (χ0v) is 18.4. The number of esters is 1. The van der Waals surface area contributed by atoms with E-state index in [1.807, 2.05) is 19.9 Å². The third kappa shape index (κ3) is 5.13. The number of ketones is 1. The van der Waals surface area contributed by atoms with Crippen molar-refractivity contribution in [3.05, 3.63) is 40.7 Å². The van der Waals surface area contributed by atoms with E-state index < -0.39 is 5.97 Å². The Kier molecular flexibility index (Phi) is 8.29. The highest BCUT2D eigenvalue weighted by Gasteiger charge is 2.20. The molecule has 164 valence electrons. The number of aromatic nitrogens is 1. The predicted molar refractivity (Wildman–Crippen MR) is 111 cm³/mol. The lowest BCUT2D eigenvalue weighted by Gasteiger charge is -2.13. The lowest BCUT2D eigenvalue weighted by atomic mass is 10.1. The van der Waals surface area contributed by atoms with Gasteiger partial charge in [-0.25, -0.2) is 4.79 Å². The maximum absolute atomic E-state index is 12.7. The summed E-state index contributed by atoms with van der Waals surface area (Å²) in [5.74, 6) is 0.108. The van der Waals surface area contributed by atoms with E-state index in [2.05, 4.69) is 4.57 Å². The topological polar surface area (TPSA) is 85.2 Å². The number of carbonyl (C=O) groups is 2. The molecule has 1 aromatic carbocycles. The second-order valence-corrected chi connectivity index (χ2v) is 6.70. The molecule has 8 nitrogen and oxygen atoms in total. The van der Waals surface area contributed by atoms with E-state index in [1.165, 1.54) is 33.5 Å². The number of Topliss-reactive ketones (excluding diaryl/α,β-unsaturated/α-hetero) is 1. The van der Waals surface area contributed by atoms with Crippen molar-refractivity contribution < 1.29 is 33.3 Å². The Morgan fingerprint density at radius 3 is 2.10 bits per heavy atom. The van der Waals surface area contributed by atoms with E-state index in [1.54, 1.807) is 7.11 Å². The minimum Gasteiger partial charge on any atom is -0.493 e. The molecular weight excluding hydrogens is 390 g/mol. The molecule has 0 radical (unpaired) electrons. The Labute approximate surface area is 176 Å². The first-order valence-electron chi connectivity index (χ1n) is 9.53. The van der Waals surface area contributed by atoms with Crippen LogP contribution in [0.2, 0.25) is 0 Å². The highest BCUT2D eigenvalue weighted by atomic mass is 16.5. The van der Waals surface area contributed by atoms with Crippen molar-refractivity contribution in [2.24, 2.45) is 0 Å². The van der Waals surface area contributed by atoms with Crippen molar-refractivity contribution >= 4 is 11.8 Å². The van der Waals surface area contributed by atoms with Gasteiger partial charge in [-0.15, -0.1) is 0 Å². The van der Waals surface area contributed by atoms with Crippen LogP contribution in [0.3, 0.4) is 0 Å². The molecule has 0 saturated heterocycles. The molecule has 0 aliphatic carbocycles. The maximum Gasteiger partial charge on any atom is 0.338 e. The first-order chi connectivity index (χ1) is 14.4. The van der Waals surface area contributed by atoms with Gasteiger partial charge in [0.1, 0.15) is 0 Å². The number of carbonyl (C=O) groups excluding carboxylic acids is 2. The molecule has 0 atom stereocenters. The predicted octanol–water partition coefficient (Wildman–Crippen LogP) is 3.21. The van der Waals surface area contributed by atoms with Gasteiger partial charge in [0.15, 0.2) is 18.1 Å². The zero-order chi connectivity index (χ0) is 22.3. The summed E-state index contributed by atoms with van der Waals surface area (Å²) in [6, 6.07) is 4.78. The summed E-state index contributed by atoms with van der Waals surface area (Å²) in [4.78, 5) is 25.2. The molecular formula is C22H29NO7. The molecule has 0 aliphatic heterocycles. The largest absolute Gasteiger partial charge is 0.493 e. The van der Waals surface area contributed by atoms with Crippen molar-refractivity contribution in [2.45, 2.75) is 26.8 Å². The molecule has 0 spiro atoms. The van der Waals surface area contributed by atoms with Crippen LogP contribution in [0.4, 0.5) is 0 Å². The van der Waals surface area contributed by atoms with Crippen molar-refractivity contribution in [1.29, 1.82) is 0 Å². The van der Waals surface area contributed by atoms with E-state index in [0.29, 0.717) is 29.4 Å². The van der Waals surface area contributed by atoms with Gasteiger partial charge in [-0.3, -0.25) is 4.79 Å². The summed E-state index contributed by atoms with van der Waals surface area (Å²) in [6.45, 7) is 4.86. The maximum atomic E-state index is 12.7. The fourth-order valence-corrected chi connectivity index (χ4v) is 3.29. The molecule has 0 N–H and O–H groups in total. The number of aryl methyl sites for hydroxylation is 1. The number of ether oxygens (including phenoxy) is 5. The van der Waals surface area contributed by atoms with Gasteiger partial charge < -0.3 is 28.3 Å². The summed E-state index contributed by atoms with van der Waals surface area (Å²) >= 11 is 0. The van der Waals surface area contributed by atoms with Gasteiger partial charge in [0.2, 0.25) is 11.5 Å². The molecule has 1 aromatic heterocycles. The van der Waals surface area contributed by atoms with Crippen molar-refractivity contribution in [2.75, 3.05) is 41.7 Å². The van der Waals surface area contributed by atoms with Gasteiger partial charge in [-0.05, 0) is 38.5 Å². The molecule has 8 heteroatoms. The van der Waals surface area contributed by atoms with Crippen LogP contribution < -0.4 is 14.2 Å². The van der Waals surface area contributed by atoms with E-state index in [9.17, 15) is 9.59 Å². The van der Waals surface area contributed by atoms with Gasteiger partial charge in [0.25, 0.3) is 0 Å². The van der Waals surface area contributed by atoms with E-state index >= 15 is 0 Å². The average Bonchev–Trinajstić information content (AvgIpc) is 3.04. The molecule has 30 heavy (non-hydrogen) atoms. The smallest absolute Gasteiger partial charge is 0.338 e. The SMILES string of the molecule is COCCCn1c(C)cc(C(=O)COC(=O)c2cc(OC)c(OC)c(OC)c2)c1C. The summed E-state index contributed by atoms with van der Waals surface area (Å²) < 4.78 is 28.1. The molecule has 1 heterocycles. The van der Waals surface area contributed by atoms with E-state index in [-0.39, 0.29) is 18.0 Å². The number of hydrogen-bond donors (Lipinski definition) is 0. The molecule has 2 rings (SSSR count). The van der Waals surface area contributed by atoms with Crippen molar-refractivity contribution in [3.63, 3.8) is 0 Å². The lowest BCUT2D eigenvalue weighted by Crippen LogP contribution is -2.15. The third-order valence-electron chi connectivity index (χ3n) is 4.84. The summed E-state index contributed by atoms with van der Waals surface area (Å²) in [6.07, 6.45) is 0.844. The average molecular weight is 419 g/mol. The van der Waals surface area contributed by atoms with Gasteiger partial charge in [0.05, 0.1) is 26.9 Å². The number of methoxy groups -OCH3 is 4. The van der Waals surface area contributed by atoms with Gasteiger partial charge in [-0.1, -0.05) is 0 Å². The molecule has 2 aromatic rings. The molecule has 0 aliphatic rings. The van der Waals surface area contributed by atoms with Crippen LogP contribution in [0, 0.1) is 13.8 Å². The van der Waals surface area contributed by atoms with Crippen molar-refractivity contribution in [1.82, 2.24) is 4.57 Å². The molecule has 0 amide bonds. The molecule has 0 unspecified atom stereocenters. The fraction of sp³-hybridized carbons (Fsp3) is 0.455. The first-order valence-corrected chi connectivity index (χ1v) is 9.53. The van der Waals surface area contributed by atoms with E-state index in [0.717, 1.165) is 24.4 Å². The zero-order valence-electron chi connectivity index (χ0n) is 18.4. The fourth-order valence-electron chi connectivity index (χ4n) is 3.29. The number of rotatable bonds is 11. The Balaban J connectivity index is 2.11. The highest BCUT2D eigenvalue weighted by molar-refractivity contribution is 6.00. The normalized spacial score (nSPS) is 10.6. The van der Waals surface area contributed by atoms with Crippen molar-refractivity contribution in [3.8, 4) is 17.2 Å². The number of nitrogens with zero attached hydrogens (tertiary/aromatic N) is 1. The van der Waals surface area contributed by atoms with Crippen LogP contribution in [-0.4, -0.2) is 58.0 Å². The number of hydrogen-bond acceptors (Lipinski definition) is 7. The van der Waals surface area contributed by atoms with E-state index in [4.69, 9.17) is 23.7 Å². The quantitative estimate of drug-likeness (QED) is 0.314. The van der Waals surface area contributed by atoms with Crippen LogP contribution in [0.15, 0.2) is 18.2 Å². The van der Waals surface area contributed by atoms with Crippen LogP contribution in [0.5, 0.6) is 17.2 Å². The summed E-state index contributed by atoms with van der Waals surface area (Å²) in [5.41, 5.74) is 2.56. The minimum absolute atomic E-state index is 0.197. The number of benzene rings is 1. The summed E-state index contributed by atoms with van der Waals surface area (Å²) in [7, 11) is 6.05. The van der Waals surface area contributed by atoms with Gasteiger partial charge in [-0.2, -0.15) is 0 Å². The highest BCUT2D eigenvalue weighted by Crippen LogP contribution is 2.38. The Hall–Kier alpha value is -3.00.